The molecule has 0 saturated carbocycles. The van der Waals surface area contributed by atoms with Gasteiger partial charge in [0.15, 0.2) is 0 Å². The number of hydrogen-bond acceptors (Lipinski definition) is 4. The Balaban J connectivity index is 0.000000816. The van der Waals surface area contributed by atoms with Crippen molar-refractivity contribution in [1.29, 1.82) is 0 Å². The van der Waals surface area contributed by atoms with Crippen molar-refractivity contribution < 1.29 is 9.21 Å². The molecule has 2 aromatic heterocycles. The Labute approximate surface area is 135 Å². The summed E-state index contributed by atoms with van der Waals surface area (Å²) in [6, 6.07) is 3.70. The Bertz CT molecular complexity index is 723. The number of rotatable bonds is 3. The second-order valence-electron chi connectivity index (χ2n) is 4.49. The molecule has 0 aliphatic carbocycles. The van der Waals surface area contributed by atoms with E-state index in [2.05, 4.69) is 27.1 Å². The molecule has 2 aromatic rings. The molecule has 2 heterocycles. The van der Waals surface area contributed by atoms with Crippen LogP contribution in [0, 0.1) is 11.8 Å². The highest BCUT2D eigenvalue weighted by atomic mass is 16.3. The molecule has 120 valence electrons. The normalized spacial score (nSPS) is 9.70. The molecule has 0 aliphatic heterocycles. The summed E-state index contributed by atoms with van der Waals surface area (Å²) in [7, 11) is 3.75. The number of carbonyl (C=O) groups excluding carboxylic acids is 1. The van der Waals surface area contributed by atoms with Crippen LogP contribution in [0.3, 0.4) is 0 Å². The molecule has 6 heteroatoms. The smallest absolute Gasteiger partial charge is 0.254 e. The lowest BCUT2D eigenvalue weighted by atomic mass is 10.1. The summed E-state index contributed by atoms with van der Waals surface area (Å²) in [6.45, 7) is 1.77. The minimum absolute atomic E-state index is 0.0790. The van der Waals surface area contributed by atoms with Crippen molar-refractivity contribution >= 4 is 12.2 Å². The van der Waals surface area contributed by atoms with Crippen LogP contribution in [0.25, 0.3) is 11.1 Å². The fraction of sp³-hybridized carbons (Fsp3) is 0.235. The van der Waals surface area contributed by atoms with Crippen LogP contribution in [0.4, 0.5) is 0 Å². The molecule has 0 aliphatic rings. The maximum Gasteiger partial charge on any atom is 0.254 e. The van der Waals surface area contributed by atoms with Crippen LogP contribution in [-0.2, 0) is 11.2 Å². The van der Waals surface area contributed by atoms with E-state index in [9.17, 15) is 4.79 Å². The van der Waals surface area contributed by atoms with Crippen LogP contribution in [-0.4, -0.2) is 31.3 Å². The zero-order chi connectivity index (χ0) is 17.1. The summed E-state index contributed by atoms with van der Waals surface area (Å²) in [4.78, 5) is 18.9. The molecule has 6 nitrogen and oxygen atoms in total. The van der Waals surface area contributed by atoms with Crippen LogP contribution in [0.15, 0.2) is 40.2 Å². The molecular weight excluding hydrogens is 292 g/mol. The molecule has 0 fully saturated rings. The highest BCUT2D eigenvalue weighted by molar-refractivity contribution is 5.85. The monoisotopic (exact) mass is 312 g/mol. The average Bonchev–Trinajstić information content (AvgIpc) is 2.97. The maximum atomic E-state index is 11.3. The van der Waals surface area contributed by atoms with E-state index in [1.165, 1.54) is 0 Å². The summed E-state index contributed by atoms with van der Waals surface area (Å²) >= 11 is 0. The first-order chi connectivity index (χ1) is 11.1. The second kappa shape index (κ2) is 9.92. The van der Waals surface area contributed by atoms with Gasteiger partial charge in [-0.3, -0.25) is 9.78 Å². The van der Waals surface area contributed by atoms with Crippen molar-refractivity contribution in [3.8, 4) is 23.0 Å². The van der Waals surface area contributed by atoms with Crippen molar-refractivity contribution in [1.82, 2.24) is 10.3 Å². The SMILES string of the molecule is CC#Cc1cncc(-c2coc(CC(=O)N=CN)c2)c1.CNC. The molecule has 0 spiro atoms. The van der Waals surface area contributed by atoms with Gasteiger partial charge in [-0.2, -0.15) is 0 Å². The molecule has 2 rings (SSSR count). The van der Waals surface area contributed by atoms with Gasteiger partial charge in [-0.25, -0.2) is 4.99 Å². The lowest BCUT2D eigenvalue weighted by Crippen LogP contribution is -2.01. The molecule has 0 unspecified atom stereocenters. The Morgan fingerprint density at radius 3 is 2.78 bits per heavy atom. The van der Waals surface area contributed by atoms with Gasteiger partial charge in [0.05, 0.1) is 19.0 Å². The Morgan fingerprint density at radius 1 is 1.39 bits per heavy atom. The van der Waals surface area contributed by atoms with Crippen molar-refractivity contribution in [2.24, 2.45) is 10.7 Å². The lowest BCUT2D eigenvalue weighted by molar-refractivity contribution is -0.117. The van der Waals surface area contributed by atoms with Crippen LogP contribution < -0.4 is 11.1 Å². The summed E-state index contributed by atoms with van der Waals surface area (Å²) < 4.78 is 5.34. The van der Waals surface area contributed by atoms with E-state index in [1.54, 1.807) is 31.6 Å². The first-order valence-corrected chi connectivity index (χ1v) is 6.95. The fourth-order valence-electron chi connectivity index (χ4n) is 1.71. The number of amides is 1. The topological polar surface area (TPSA) is 93.5 Å². The van der Waals surface area contributed by atoms with Gasteiger partial charge in [0, 0.05) is 29.1 Å². The van der Waals surface area contributed by atoms with Crippen molar-refractivity contribution in [2.45, 2.75) is 13.3 Å². The van der Waals surface area contributed by atoms with Gasteiger partial charge in [0.2, 0.25) is 0 Å². The van der Waals surface area contributed by atoms with Crippen molar-refractivity contribution in [2.75, 3.05) is 14.1 Å². The lowest BCUT2D eigenvalue weighted by Gasteiger charge is -1.96. The van der Waals surface area contributed by atoms with Gasteiger partial charge in [-0.15, -0.1) is 5.92 Å². The molecule has 0 bridgehead atoms. The number of furan rings is 1. The van der Waals surface area contributed by atoms with Gasteiger partial charge in [-0.1, -0.05) is 5.92 Å². The predicted molar refractivity (Wildman–Crippen MR) is 90.9 cm³/mol. The Kier molecular flexibility index (Phi) is 7.83. The van der Waals surface area contributed by atoms with Crippen LogP contribution in [0.5, 0.6) is 0 Å². The number of nitrogens with one attached hydrogen (secondary N) is 1. The summed E-state index contributed by atoms with van der Waals surface area (Å²) in [5, 5.41) is 2.75. The number of aromatic nitrogens is 1. The molecule has 0 saturated heterocycles. The van der Waals surface area contributed by atoms with Gasteiger partial charge in [-0.05, 0) is 33.2 Å². The molecule has 0 atom stereocenters. The van der Waals surface area contributed by atoms with E-state index in [4.69, 9.17) is 10.2 Å². The predicted octanol–water partition coefficient (Wildman–Crippen LogP) is 1.60. The van der Waals surface area contributed by atoms with E-state index in [0.717, 1.165) is 23.0 Å². The zero-order valence-corrected chi connectivity index (χ0v) is 13.5. The summed E-state index contributed by atoms with van der Waals surface area (Å²) in [5.74, 6) is 5.95. The zero-order valence-electron chi connectivity index (χ0n) is 13.5. The molecule has 1 amide bonds. The van der Waals surface area contributed by atoms with Crippen LogP contribution >= 0.6 is 0 Å². The Hall–Kier alpha value is -2.91. The van der Waals surface area contributed by atoms with Gasteiger partial charge in [0.1, 0.15) is 5.76 Å². The van der Waals surface area contributed by atoms with E-state index in [0.29, 0.717) is 5.76 Å². The highest BCUT2D eigenvalue weighted by Gasteiger charge is 2.08. The van der Waals surface area contributed by atoms with Crippen molar-refractivity contribution in [3.05, 3.63) is 42.1 Å². The minimum Gasteiger partial charge on any atom is -0.468 e. The number of nitrogens with two attached hydrogens (primary N) is 1. The number of carbonyl (C=O) groups is 1. The molecule has 23 heavy (non-hydrogen) atoms. The minimum atomic E-state index is -0.350. The Morgan fingerprint density at radius 2 is 2.13 bits per heavy atom. The van der Waals surface area contributed by atoms with Crippen LogP contribution in [0.1, 0.15) is 18.2 Å². The standard InChI is InChI=1S/C15H13N3O2.C2H7N/c1-2-3-11-4-12(8-17-7-11)13-5-14(20-9-13)6-15(19)18-10-16;1-3-2/h4-5,7-10H,6H2,1H3,(H2,16,18,19);3H,1-2H3. The molecular formula is C17H20N4O2. The average molecular weight is 312 g/mol. The number of aliphatic imine (C=N–C) groups is 1. The molecule has 3 N–H and O–H groups in total. The second-order valence-corrected chi connectivity index (χ2v) is 4.49. The van der Waals surface area contributed by atoms with E-state index in [-0.39, 0.29) is 12.3 Å². The van der Waals surface area contributed by atoms with Gasteiger partial charge < -0.3 is 15.5 Å². The third-order valence-corrected chi connectivity index (χ3v) is 2.54. The molecule has 0 radical (unpaired) electrons. The van der Waals surface area contributed by atoms with E-state index >= 15 is 0 Å². The van der Waals surface area contributed by atoms with Crippen molar-refractivity contribution in [3.63, 3.8) is 0 Å². The van der Waals surface area contributed by atoms with E-state index in [1.807, 2.05) is 20.2 Å². The number of pyridine rings is 1. The van der Waals surface area contributed by atoms with Gasteiger partial charge >= 0.3 is 0 Å². The molecule has 0 aromatic carbocycles. The number of hydrogen-bond donors (Lipinski definition) is 2. The van der Waals surface area contributed by atoms with Crippen LogP contribution in [0.2, 0.25) is 0 Å². The van der Waals surface area contributed by atoms with Gasteiger partial charge in [0.25, 0.3) is 5.91 Å². The van der Waals surface area contributed by atoms with E-state index < -0.39 is 0 Å². The summed E-state index contributed by atoms with van der Waals surface area (Å²) in [6.07, 6.45) is 6.04. The maximum absolute atomic E-state index is 11.3. The first-order valence-electron chi connectivity index (χ1n) is 6.95. The summed E-state index contributed by atoms with van der Waals surface area (Å²) in [5.41, 5.74) is 7.62. The fourth-order valence-corrected chi connectivity index (χ4v) is 1.71. The third kappa shape index (κ3) is 6.16. The quantitative estimate of drug-likeness (QED) is 0.510. The first kappa shape index (κ1) is 18.1. The largest absolute Gasteiger partial charge is 0.468 e. The third-order valence-electron chi connectivity index (χ3n) is 2.54. The highest BCUT2D eigenvalue weighted by Crippen LogP contribution is 2.22. The number of nitrogens with zero attached hydrogens (tertiary/aromatic N) is 2.